The van der Waals surface area contributed by atoms with Gasteiger partial charge in [-0.2, -0.15) is 0 Å². The highest BCUT2D eigenvalue weighted by atomic mass is 16.5. The molecule has 0 N–H and O–H groups in total. The molecule has 0 unspecified atom stereocenters. The van der Waals surface area contributed by atoms with Crippen LogP contribution < -0.4 is 9.47 Å². The Morgan fingerprint density at radius 2 is 1.85 bits per heavy atom. The van der Waals surface area contributed by atoms with Gasteiger partial charge in [0.15, 0.2) is 0 Å². The first-order chi connectivity index (χ1) is 13.2. The number of piperidine rings is 1. The third kappa shape index (κ3) is 5.62. The summed E-state index contributed by atoms with van der Waals surface area (Å²) >= 11 is 0. The van der Waals surface area contributed by atoms with Crippen molar-refractivity contribution in [2.45, 2.75) is 38.5 Å². The standard InChI is InChI=1S/C21H30N2O4/c1-26-18-8-10-19(11-9-18)27-16-17-6-5-13-22(14-17)21(25)15-23-12-4-2-3-7-20(23)24/h8-11,17H,2-7,12-16H2,1H3/t17-/m1/s1. The minimum absolute atomic E-state index is 0.0689. The zero-order valence-corrected chi connectivity index (χ0v) is 16.2. The molecule has 2 fully saturated rings. The van der Waals surface area contributed by atoms with E-state index < -0.39 is 0 Å². The third-order valence-corrected chi connectivity index (χ3v) is 5.41. The van der Waals surface area contributed by atoms with Crippen LogP contribution in [0.25, 0.3) is 0 Å². The molecule has 1 atom stereocenters. The van der Waals surface area contributed by atoms with Crippen molar-refractivity contribution in [1.82, 2.24) is 9.80 Å². The molecule has 3 rings (SSSR count). The lowest BCUT2D eigenvalue weighted by Crippen LogP contribution is -2.47. The van der Waals surface area contributed by atoms with E-state index in [2.05, 4.69) is 0 Å². The maximum absolute atomic E-state index is 12.7. The lowest BCUT2D eigenvalue weighted by Gasteiger charge is -2.34. The summed E-state index contributed by atoms with van der Waals surface area (Å²) in [5.41, 5.74) is 0. The van der Waals surface area contributed by atoms with Gasteiger partial charge in [-0.3, -0.25) is 9.59 Å². The van der Waals surface area contributed by atoms with Crippen LogP contribution in [0, 0.1) is 5.92 Å². The first-order valence-corrected chi connectivity index (χ1v) is 9.98. The first kappa shape index (κ1) is 19.5. The van der Waals surface area contributed by atoms with Crippen LogP contribution in [-0.2, 0) is 9.59 Å². The molecule has 2 amide bonds. The number of nitrogens with zero attached hydrogens (tertiary/aromatic N) is 2. The van der Waals surface area contributed by atoms with Gasteiger partial charge in [0.05, 0.1) is 20.3 Å². The van der Waals surface area contributed by atoms with E-state index in [1.165, 1.54) is 0 Å². The SMILES string of the molecule is COc1ccc(OC[C@@H]2CCCN(C(=O)CN3CCCCCC3=O)C2)cc1. The van der Waals surface area contributed by atoms with Crippen molar-refractivity contribution in [1.29, 1.82) is 0 Å². The van der Waals surface area contributed by atoms with E-state index in [9.17, 15) is 9.59 Å². The smallest absolute Gasteiger partial charge is 0.242 e. The summed E-state index contributed by atoms with van der Waals surface area (Å²) in [5.74, 6) is 2.13. The van der Waals surface area contributed by atoms with Gasteiger partial charge in [0, 0.05) is 32.0 Å². The van der Waals surface area contributed by atoms with Gasteiger partial charge in [-0.25, -0.2) is 0 Å². The van der Waals surface area contributed by atoms with Gasteiger partial charge in [0.2, 0.25) is 11.8 Å². The van der Waals surface area contributed by atoms with Crippen LogP contribution in [0.3, 0.4) is 0 Å². The molecule has 0 spiro atoms. The predicted molar refractivity (Wildman–Crippen MR) is 103 cm³/mol. The summed E-state index contributed by atoms with van der Waals surface area (Å²) in [4.78, 5) is 28.5. The van der Waals surface area contributed by atoms with Crippen molar-refractivity contribution >= 4 is 11.8 Å². The number of carbonyl (C=O) groups excluding carboxylic acids is 2. The van der Waals surface area contributed by atoms with Crippen molar-refractivity contribution < 1.29 is 19.1 Å². The van der Waals surface area contributed by atoms with Gasteiger partial charge >= 0.3 is 0 Å². The summed E-state index contributed by atoms with van der Waals surface area (Å²) in [6, 6.07) is 7.56. The maximum atomic E-state index is 12.7. The van der Waals surface area contributed by atoms with Crippen molar-refractivity contribution in [3.05, 3.63) is 24.3 Å². The van der Waals surface area contributed by atoms with Crippen LogP contribution in [0.4, 0.5) is 0 Å². The second-order valence-corrected chi connectivity index (χ2v) is 7.46. The van der Waals surface area contributed by atoms with Crippen LogP contribution in [0.2, 0.25) is 0 Å². The fourth-order valence-corrected chi connectivity index (χ4v) is 3.78. The Labute approximate surface area is 161 Å². The lowest BCUT2D eigenvalue weighted by molar-refractivity contribution is -0.141. The average molecular weight is 374 g/mol. The molecule has 0 bridgehead atoms. The Morgan fingerprint density at radius 3 is 2.63 bits per heavy atom. The highest BCUT2D eigenvalue weighted by Crippen LogP contribution is 2.21. The van der Waals surface area contributed by atoms with Gasteiger partial charge in [-0.1, -0.05) is 6.42 Å². The molecule has 2 aliphatic rings. The second-order valence-electron chi connectivity index (χ2n) is 7.46. The number of likely N-dealkylation sites (tertiary alicyclic amines) is 2. The van der Waals surface area contributed by atoms with E-state index >= 15 is 0 Å². The van der Waals surface area contributed by atoms with E-state index in [4.69, 9.17) is 9.47 Å². The molecule has 27 heavy (non-hydrogen) atoms. The highest BCUT2D eigenvalue weighted by Gasteiger charge is 2.27. The minimum atomic E-state index is 0.0689. The summed E-state index contributed by atoms with van der Waals surface area (Å²) in [7, 11) is 1.64. The third-order valence-electron chi connectivity index (χ3n) is 5.41. The largest absolute Gasteiger partial charge is 0.497 e. The molecule has 1 aromatic carbocycles. The molecule has 6 nitrogen and oxygen atoms in total. The molecule has 2 saturated heterocycles. The number of amides is 2. The Bertz CT molecular complexity index is 632. The number of rotatable bonds is 6. The number of hydrogen-bond acceptors (Lipinski definition) is 4. The summed E-state index contributed by atoms with van der Waals surface area (Å²) in [6.07, 6.45) is 5.63. The predicted octanol–water partition coefficient (Wildman–Crippen LogP) is 2.72. The zero-order chi connectivity index (χ0) is 19.1. The Hall–Kier alpha value is -2.24. The van der Waals surface area contributed by atoms with Gasteiger partial charge in [0.25, 0.3) is 0 Å². The molecule has 0 aromatic heterocycles. The number of carbonyl (C=O) groups is 2. The number of benzene rings is 1. The van der Waals surface area contributed by atoms with Crippen molar-refractivity contribution in [3.8, 4) is 11.5 Å². The molecular weight excluding hydrogens is 344 g/mol. The van der Waals surface area contributed by atoms with Crippen molar-refractivity contribution in [3.63, 3.8) is 0 Å². The van der Waals surface area contributed by atoms with E-state index in [1.807, 2.05) is 29.2 Å². The number of methoxy groups -OCH3 is 1. The summed E-state index contributed by atoms with van der Waals surface area (Å²) < 4.78 is 11.1. The van der Waals surface area contributed by atoms with Gasteiger partial charge < -0.3 is 19.3 Å². The van der Waals surface area contributed by atoms with Crippen LogP contribution in [0.1, 0.15) is 38.5 Å². The molecule has 0 aliphatic carbocycles. The van der Waals surface area contributed by atoms with E-state index in [1.54, 1.807) is 12.0 Å². The van der Waals surface area contributed by atoms with E-state index in [-0.39, 0.29) is 18.4 Å². The van der Waals surface area contributed by atoms with Gasteiger partial charge in [0.1, 0.15) is 11.5 Å². The maximum Gasteiger partial charge on any atom is 0.242 e. The number of ether oxygens (including phenoxy) is 2. The fourth-order valence-electron chi connectivity index (χ4n) is 3.78. The zero-order valence-electron chi connectivity index (χ0n) is 16.2. The summed E-state index contributed by atoms with van der Waals surface area (Å²) in [5, 5.41) is 0. The normalized spacial score (nSPS) is 20.9. The molecule has 0 saturated carbocycles. The van der Waals surface area contributed by atoms with Gasteiger partial charge in [-0.15, -0.1) is 0 Å². The topological polar surface area (TPSA) is 59.1 Å². The molecule has 0 radical (unpaired) electrons. The Morgan fingerprint density at radius 1 is 1.07 bits per heavy atom. The quantitative estimate of drug-likeness (QED) is 0.768. The Balaban J connectivity index is 1.47. The van der Waals surface area contributed by atoms with Crippen LogP contribution >= 0.6 is 0 Å². The van der Waals surface area contributed by atoms with Gasteiger partial charge in [-0.05, 0) is 49.9 Å². The molecule has 148 valence electrons. The van der Waals surface area contributed by atoms with Crippen molar-refractivity contribution in [2.24, 2.45) is 5.92 Å². The average Bonchev–Trinajstić information content (AvgIpc) is 2.91. The highest BCUT2D eigenvalue weighted by molar-refractivity contribution is 5.85. The molecule has 2 heterocycles. The lowest BCUT2D eigenvalue weighted by atomic mass is 9.99. The van der Waals surface area contributed by atoms with Crippen molar-refractivity contribution in [2.75, 3.05) is 39.9 Å². The first-order valence-electron chi connectivity index (χ1n) is 9.98. The van der Waals surface area contributed by atoms with Crippen LogP contribution in [0.5, 0.6) is 11.5 Å². The monoisotopic (exact) mass is 374 g/mol. The van der Waals surface area contributed by atoms with Crippen LogP contribution in [0.15, 0.2) is 24.3 Å². The van der Waals surface area contributed by atoms with E-state index in [0.29, 0.717) is 32.0 Å². The molecular formula is C21H30N2O4. The van der Waals surface area contributed by atoms with Crippen LogP contribution in [-0.4, -0.2) is 61.5 Å². The summed E-state index contributed by atoms with van der Waals surface area (Å²) in [6.45, 7) is 3.02. The second kappa shape index (κ2) is 9.62. The molecule has 1 aromatic rings. The fraction of sp³-hybridized carbons (Fsp3) is 0.619. The van der Waals surface area contributed by atoms with E-state index in [0.717, 1.165) is 50.1 Å². The minimum Gasteiger partial charge on any atom is -0.497 e. The Kier molecular flexibility index (Phi) is 6.96. The number of hydrogen-bond donors (Lipinski definition) is 0. The molecule has 6 heteroatoms. The molecule has 2 aliphatic heterocycles.